The lowest BCUT2D eigenvalue weighted by atomic mass is 10.1. The van der Waals surface area contributed by atoms with E-state index in [1.54, 1.807) is 60.7 Å². The Morgan fingerprint density at radius 1 is 0.897 bits per heavy atom. The van der Waals surface area contributed by atoms with Gasteiger partial charge in [-0.3, -0.25) is 4.79 Å². The summed E-state index contributed by atoms with van der Waals surface area (Å²) in [7, 11) is 0. The zero-order valence-corrected chi connectivity index (χ0v) is 16.3. The normalized spacial score (nSPS) is 23.2. The van der Waals surface area contributed by atoms with Crippen LogP contribution in [0.4, 0.5) is 4.39 Å². The van der Waals surface area contributed by atoms with E-state index in [1.165, 1.54) is 6.92 Å². The minimum absolute atomic E-state index is 0.205. The van der Waals surface area contributed by atoms with E-state index in [0.717, 1.165) is 11.8 Å². The Morgan fingerprint density at radius 3 is 2.00 bits per heavy atom. The molecule has 1 aliphatic rings. The Kier molecular flexibility index (Phi) is 6.87. The van der Waals surface area contributed by atoms with E-state index in [-0.39, 0.29) is 12.2 Å². The number of hydrogen-bond donors (Lipinski definition) is 0. The summed E-state index contributed by atoms with van der Waals surface area (Å²) in [4.78, 5) is 35.8. The number of benzene rings is 2. The number of halogens is 1. The number of carbonyl (C=O) groups excluding carboxylic acids is 3. The van der Waals surface area contributed by atoms with Gasteiger partial charge in [0.2, 0.25) is 0 Å². The summed E-state index contributed by atoms with van der Waals surface area (Å²) in [5, 5.41) is -0.727. The lowest BCUT2D eigenvalue weighted by Gasteiger charge is -2.20. The molecule has 0 bridgehead atoms. The molecule has 0 radical (unpaired) electrons. The molecular weight excluding hydrogens is 399 g/mol. The maximum atomic E-state index is 14.9. The number of esters is 3. The third-order valence-corrected chi connectivity index (χ3v) is 5.55. The number of carbonyl (C=O) groups is 3. The fourth-order valence-corrected chi connectivity index (χ4v) is 4.15. The number of rotatable bonds is 6. The van der Waals surface area contributed by atoms with Gasteiger partial charge in [0, 0.05) is 6.92 Å². The summed E-state index contributed by atoms with van der Waals surface area (Å²) in [5.41, 5.74) is -0.538. The molecule has 0 saturated carbocycles. The minimum Gasteiger partial charge on any atom is -0.461 e. The summed E-state index contributed by atoms with van der Waals surface area (Å²) < 4.78 is 30.5. The quantitative estimate of drug-likeness (QED) is 0.525. The molecule has 1 unspecified atom stereocenters. The number of hydrogen-bond acceptors (Lipinski definition) is 7. The van der Waals surface area contributed by atoms with Crippen molar-refractivity contribution >= 4 is 29.7 Å². The average Bonchev–Trinajstić information content (AvgIpc) is 3.01. The van der Waals surface area contributed by atoms with Crippen LogP contribution in [0.25, 0.3) is 0 Å². The first-order chi connectivity index (χ1) is 14.0. The zero-order chi connectivity index (χ0) is 20.8. The molecule has 0 N–H and O–H groups in total. The molecule has 4 atom stereocenters. The first kappa shape index (κ1) is 20.9. The van der Waals surface area contributed by atoms with Crippen molar-refractivity contribution in [1.82, 2.24) is 0 Å². The smallest absolute Gasteiger partial charge is 0.338 e. The molecule has 1 aliphatic heterocycles. The van der Waals surface area contributed by atoms with Gasteiger partial charge in [-0.05, 0) is 24.3 Å². The van der Waals surface area contributed by atoms with Crippen molar-refractivity contribution in [3.63, 3.8) is 0 Å². The van der Waals surface area contributed by atoms with E-state index in [4.69, 9.17) is 14.2 Å². The van der Waals surface area contributed by atoms with E-state index in [9.17, 15) is 18.8 Å². The Labute approximate surface area is 171 Å². The van der Waals surface area contributed by atoms with Gasteiger partial charge in [-0.2, -0.15) is 0 Å². The minimum atomic E-state index is -1.75. The van der Waals surface area contributed by atoms with Crippen molar-refractivity contribution < 1.29 is 33.0 Å². The molecule has 8 heteroatoms. The maximum Gasteiger partial charge on any atom is 0.338 e. The van der Waals surface area contributed by atoms with Crippen LogP contribution < -0.4 is 0 Å². The molecule has 1 fully saturated rings. The van der Waals surface area contributed by atoms with Crippen LogP contribution in [0, 0.1) is 0 Å². The molecule has 0 spiro atoms. The highest BCUT2D eigenvalue weighted by molar-refractivity contribution is 8.00. The van der Waals surface area contributed by atoms with Crippen LogP contribution in [0.2, 0.25) is 0 Å². The molecule has 0 aromatic heterocycles. The number of thioether (sulfide) groups is 1. The summed E-state index contributed by atoms with van der Waals surface area (Å²) in [6.07, 6.45) is -2.99. The summed E-state index contributed by atoms with van der Waals surface area (Å²) >= 11 is 0.957. The van der Waals surface area contributed by atoms with Gasteiger partial charge in [-0.25, -0.2) is 14.0 Å². The van der Waals surface area contributed by atoms with Gasteiger partial charge in [0.15, 0.2) is 17.7 Å². The number of alkyl halides is 1. The fourth-order valence-electron chi connectivity index (χ4n) is 2.80. The van der Waals surface area contributed by atoms with Gasteiger partial charge in [0.25, 0.3) is 0 Å². The largest absolute Gasteiger partial charge is 0.461 e. The monoisotopic (exact) mass is 418 g/mol. The van der Waals surface area contributed by atoms with Crippen molar-refractivity contribution in [2.45, 2.75) is 29.9 Å². The van der Waals surface area contributed by atoms with Crippen molar-refractivity contribution in [2.75, 3.05) is 6.61 Å². The highest BCUT2D eigenvalue weighted by Gasteiger charge is 2.49. The predicted molar refractivity (Wildman–Crippen MR) is 104 cm³/mol. The predicted octanol–water partition coefficient (Wildman–Crippen LogP) is 3.41. The van der Waals surface area contributed by atoms with E-state index < -0.39 is 40.9 Å². The van der Waals surface area contributed by atoms with Crippen molar-refractivity contribution in [3.8, 4) is 0 Å². The Balaban J connectivity index is 1.70. The Bertz CT molecular complexity index is 860. The summed E-state index contributed by atoms with van der Waals surface area (Å²) in [5.74, 6) is -1.94. The van der Waals surface area contributed by atoms with Gasteiger partial charge in [0.1, 0.15) is 6.61 Å². The van der Waals surface area contributed by atoms with Crippen LogP contribution >= 0.6 is 11.8 Å². The van der Waals surface area contributed by atoms with Crippen molar-refractivity contribution in [1.29, 1.82) is 0 Å². The van der Waals surface area contributed by atoms with E-state index in [0.29, 0.717) is 5.56 Å². The molecule has 3 rings (SSSR count). The lowest BCUT2D eigenvalue weighted by Crippen LogP contribution is -2.37. The van der Waals surface area contributed by atoms with Crippen LogP contribution in [0.5, 0.6) is 0 Å². The average molecular weight is 418 g/mol. The molecule has 0 amide bonds. The Morgan fingerprint density at radius 2 is 1.45 bits per heavy atom. The highest BCUT2D eigenvalue weighted by Crippen LogP contribution is 2.39. The molecule has 152 valence electrons. The third kappa shape index (κ3) is 5.35. The maximum absolute atomic E-state index is 14.9. The second kappa shape index (κ2) is 9.56. The van der Waals surface area contributed by atoms with Gasteiger partial charge in [0.05, 0.1) is 16.4 Å². The second-order valence-corrected chi connectivity index (χ2v) is 7.64. The Hall–Kier alpha value is -2.87. The van der Waals surface area contributed by atoms with Gasteiger partial charge >= 0.3 is 17.9 Å². The van der Waals surface area contributed by atoms with Gasteiger partial charge in [-0.15, -0.1) is 11.8 Å². The SMILES string of the molecule is CC(=O)OC1S[C@@H](COC(=O)c2ccccc2)[C@@H](OC(=O)c2ccccc2)[C@@H]1F. The first-order valence-electron chi connectivity index (χ1n) is 8.90. The molecule has 0 aliphatic carbocycles. The molecule has 29 heavy (non-hydrogen) atoms. The topological polar surface area (TPSA) is 78.9 Å². The summed E-state index contributed by atoms with van der Waals surface area (Å²) in [6.45, 7) is 0.963. The second-order valence-electron chi connectivity index (χ2n) is 6.30. The van der Waals surface area contributed by atoms with Crippen LogP contribution in [0.15, 0.2) is 60.7 Å². The molecule has 6 nitrogen and oxygen atoms in total. The molecular formula is C21H19FO6S. The summed E-state index contributed by atoms with van der Waals surface area (Å²) in [6, 6.07) is 16.5. The third-order valence-electron chi connectivity index (χ3n) is 4.17. The zero-order valence-electron chi connectivity index (χ0n) is 15.5. The molecule has 1 saturated heterocycles. The first-order valence-corrected chi connectivity index (χ1v) is 9.85. The van der Waals surface area contributed by atoms with Crippen LogP contribution in [-0.4, -0.2) is 47.5 Å². The van der Waals surface area contributed by atoms with E-state index in [1.807, 2.05) is 0 Å². The van der Waals surface area contributed by atoms with E-state index in [2.05, 4.69) is 0 Å². The van der Waals surface area contributed by atoms with E-state index >= 15 is 0 Å². The molecule has 2 aromatic rings. The molecule has 1 heterocycles. The standard InChI is InChI=1S/C21H19FO6S/c1-13(23)27-21-17(22)18(28-20(25)15-10-6-3-7-11-15)16(29-21)12-26-19(24)14-8-4-2-5-9-14/h2-11,16-18,21H,12H2,1H3/t16-,17-,18+,21?/m0/s1. The molecule has 2 aromatic carbocycles. The van der Waals surface area contributed by atoms with Gasteiger partial charge < -0.3 is 14.2 Å². The lowest BCUT2D eigenvalue weighted by molar-refractivity contribution is -0.145. The highest BCUT2D eigenvalue weighted by atomic mass is 32.2. The van der Waals surface area contributed by atoms with Crippen molar-refractivity contribution in [3.05, 3.63) is 71.8 Å². The van der Waals surface area contributed by atoms with Crippen LogP contribution in [0.3, 0.4) is 0 Å². The fraction of sp³-hybridized carbons (Fsp3) is 0.286. The van der Waals surface area contributed by atoms with Crippen LogP contribution in [-0.2, 0) is 19.0 Å². The van der Waals surface area contributed by atoms with Gasteiger partial charge in [-0.1, -0.05) is 36.4 Å². The number of ether oxygens (including phenoxy) is 3. The van der Waals surface area contributed by atoms with Crippen LogP contribution in [0.1, 0.15) is 27.6 Å². The van der Waals surface area contributed by atoms with Crippen molar-refractivity contribution in [2.24, 2.45) is 0 Å².